The van der Waals surface area contributed by atoms with Crippen LogP contribution >= 0.6 is 0 Å². The van der Waals surface area contributed by atoms with Gasteiger partial charge >= 0.3 is 17.9 Å². The highest BCUT2D eigenvalue weighted by Crippen LogP contribution is 2.17. The first-order valence-corrected chi connectivity index (χ1v) is 28.5. The van der Waals surface area contributed by atoms with Gasteiger partial charge in [0.2, 0.25) is 0 Å². The molecule has 0 fully saturated rings. The molecular formula is C59H108O6. The second kappa shape index (κ2) is 54.2. The zero-order valence-corrected chi connectivity index (χ0v) is 43.5. The number of carbonyl (C=O) groups is 3. The molecule has 380 valence electrons. The lowest BCUT2D eigenvalue weighted by atomic mass is 10.0. The Morgan fingerprint density at radius 2 is 0.600 bits per heavy atom. The first kappa shape index (κ1) is 62.6. The van der Waals surface area contributed by atoms with Crippen molar-refractivity contribution in [3.63, 3.8) is 0 Å². The zero-order valence-electron chi connectivity index (χ0n) is 43.5. The minimum atomic E-state index is -0.769. The molecule has 0 aromatic rings. The quantitative estimate of drug-likeness (QED) is 0.0262. The molecule has 0 aromatic carbocycles. The second-order valence-corrected chi connectivity index (χ2v) is 19.2. The average Bonchev–Trinajstić information content (AvgIpc) is 3.30. The van der Waals surface area contributed by atoms with Gasteiger partial charge in [0.05, 0.1) is 0 Å². The summed E-state index contributed by atoms with van der Waals surface area (Å²) in [6, 6.07) is 0. The minimum Gasteiger partial charge on any atom is -0.462 e. The van der Waals surface area contributed by atoms with Crippen molar-refractivity contribution in [2.75, 3.05) is 13.2 Å². The molecule has 0 aliphatic heterocycles. The molecule has 0 aliphatic carbocycles. The molecule has 6 heteroatoms. The maximum absolute atomic E-state index is 12.8. The molecule has 0 rings (SSSR count). The summed E-state index contributed by atoms with van der Waals surface area (Å²) in [5, 5.41) is 0. The topological polar surface area (TPSA) is 78.9 Å². The van der Waals surface area contributed by atoms with E-state index >= 15 is 0 Å². The highest BCUT2D eigenvalue weighted by atomic mass is 16.6. The summed E-state index contributed by atoms with van der Waals surface area (Å²) in [7, 11) is 0. The highest BCUT2D eigenvalue weighted by Gasteiger charge is 2.19. The van der Waals surface area contributed by atoms with E-state index in [0.29, 0.717) is 19.3 Å². The van der Waals surface area contributed by atoms with Gasteiger partial charge in [-0.05, 0) is 51.4 Å². The van der Waals surface area contributed by atoms with Crippen LogP contribution < -0.4 is 0 Å². The largest absolute Gasteiger partial charge is 0.462 e. The van der Waals surface area contributed by atoms with Crippen LogP contribution in [0.25, 0.3) is 0 Å². The molecule has 1 atom stereocenters. The maximum Gasteiger partial charge on any atom is 0.306 e. The van der Waals surface area contributed by atoms with Gasteiger partial charge in [-0.1, -0.05) is 269 Å². The number of allylic oxidation sites excluding steroid dienone is 6. The van der Waals surface area contributed by atoms with Gasteiger partial charge in [0, 0.05) is 19.3 Å². The molecule has 0 amide bonds. The summed E-state index contributed by atoms with van der Waals surface area (Å²) in [6.45, 7) is 6.56. The molecule has 0 aliphatic rings. The number of rotatable bonds is 52. The summed E-state index contributed by atoms with van der Waals surface area (Å²) in [4.78, 5) is 38.1. The van der Waals surface area contributed by atoms with Crippen LogP contribution in [0.2, 0.25) is 0 Å². The average molecular weight is 914 g/mol. The smallest absolute Gasteiger partial charge is 0.306 e. The molecule has 0 heterocycles. The predicted octanol–water partition coefficient (Wildman–Crippen LogP) is 18.9. The molecule has 0 aromatic heterocycles. The Kier molecular flexibility index (Phi) is 52.3. The lowest BCUT2D eigenvalue weighted by Crippen LogP contribution is -2.30. The van der Waals surface area contributed by atoms with Crippen LogP contribution in [-0.4, -0.2) is 37.2 Å². The molecular weight excluding hydrogens is 805 g/mol. The van der Waals surface area contributed by atoms with Crippen LogP contribution in [0.15, 0.2) is 36.5 Å². The van der Waals surface area contributed by atoms with Crippen LogP contribution in [0.1, 0.15) is 303 Å². The van der Waals surface area contributed by atoms with Crippen LogP contribution in [0.5, 0.6) is 0 Å². The standard InChI is InChI=1S/C59H108O6/c1-4-7-10-13-16-19-22-24-26-28-30-32-33-35-37-40-43-46-49-52-58(61)64-55-56(54-63-57(60)51-48-45-42-39-21-18-15-12-9-6-3)65-59(62)53-50-47-44-41-38-36-34-31-29-27-25-23-20-17-14-11-8-5-2/h7,10,16,19,24,26,56H,4-6,8-9,11-15,17-18,20-23,25,27-55H2,1-3H3/b10-7-,19-16-,26-24-. The number of unbranched alkanes of at least 4 members (excludes halogenated alkanes) is 35. The van der Waals surface area contributed by atoms with Crippen LogP contribution in [0, 0.1) is 0 Å². The van der Waals surface area contributed by atoms with Gasteiger partial charge in [-0.3, -0.25) is 14.4 Å². The van der Waals surface area contributed by atoms with E-state index in [-0.39, 0.29) is 31.1 Å². The Morgan fingerprint density at radius 3 is 0.938 bits per heavy atom. The van der Waals surface area contributed by atoms with Gasteiger partial charge in [0.15, 0.2) is 6.10 Å². The van der Waals surface area contributed by atoms with Crippen molar-refractivity contribution in [2.24, 2.45) is 0 Å². The summed E-state index contributed by atoms with van der Waals surface area (Å²) in [5.41, 5.74) is 0. The Morgan fingerprint density at radius 1 is 0.323 bits per heavy atom. The van der Waals surface area contributed by atoms with Gasteiger partial charge in [-0.25, -0.2) is 0 Å². The van der Waals surface area contributed by atoms with Crippen molar-refractivity contribution >= 4 is 17.9 Å². The van der Waals surface area contributed by atoms with E-state index in [4.69, 9.17) is 14.2 Å². The lowest BCUT2D eigenvalue weighted by Gasteiger charge is -2.18. The molecule has 6 nitrogen and oxygen atoms in total. The number of hydrogen-bond donors (Lipinski definition) is 0. The SMILES string of the molecule is CC/C=C\C/C=C\C/C=C\CCCCCCCCCCCC(=O)OCC(COC(=O)CCCCCCCCCCCC)OC(=O)CCCCCCCCCCCCCCCCCCCC. The van der Waals surface area contributed by atoms with Crippen LogP contribution in [0.3, 0.4) is 0 Å². The Bertz CT molecular complexity index is 1090. The van der Waals surface area contributed by atoms with Crippen molar-refractivity contribution in [3.05, 3.63) is 36.5 Å². The van der Waals surface area contributed by atoms with E-state index in [2.05, 4.69) is 57.2 Å². The predicted molar refractivity (Wildman–Crippen MR) is 279 cm³/mol. The van der Waals surface area contributed by atoms with Crippen molar-refractivity contribution in [3.8, 4) is 0 Å². The van der Waals surface area contributed by atoms with Gasteiger partial charge in [-0.15, -0.1) is 0 Å². The third-order valence-electron chi connectivity index (χ3n) is 12.7. The van der Waals surface area contributed by atoms with Crippen LogP contribution in [0.4, 0.5) is 0 Å². The van der Waals surface area contributed by atoms with Gasteiger partial charge in [0.25, 0.3) is 0 Å². The summed E-state index contributed by atoms with van der Waals surface area (Å²) >= 11 is 0. The highest BCUT2D eigenvalue weighted by molar-refractivity contribution is 5.71. The minimum absolute atomic E-state index is 0.0690. The fraction of sp³-hybridized carbons (Fsp3) is 0.847. The first-order chi connectivity index (χ1) is 32.0. The Hall–Kier alpha value is -2.37. The molecule has 65 heavy (non-hydrogen) atoms. The molecule has 0 spiro atoms. The third-order valence-corrected chi connectivity index (χ3v) is 12.7. The molecule has 0 saturated heterocycles. The third kappa shape index (κ3) is 52.5. The zero-order chi connectivity index (χ0) is 47.2. The molecule has 0 radical (unpaired) electrons. The van der Waals surface area contributed by atoms with Crippen LogP contribution in [-0.2, 0) is 28.6 Å². The molecule has 0 saturated carbocycles. The number of ether oxygens (including phenoxy) is 3. The summed E-state index contributed by atoms with van der Waals surface area (Å²) in [6.07, 6.45) is 64.2. The van der Waals surface area contributed by atoms with E-state index in [1.54, 1.807) is 0 Å². The second-order valence-electron chi connectivity index (χ2n) is 19.2. The van der Waals surface area contributed by atoms with E-state index in [0.717, 1.165) is 77.0 Å². The fourth-order valence-corrected chi connectivity index (χ4v) is 8.40. The molecule has 0 bridgehead atoms. The Balaban J connectivity index is 4.27. The summed E-state index contributed by atoms with van der Waals surface area (Å²) < 4.78 is 16.8. The van der Waals surface area contributed by atoms with E-state index in [1.807, 2.05) is 0 Å². The molecule has 1 unspecified atom stereocenters. The lowest BCUT2D eigenvalue weighted by molar-refractivity contribution is -0.167. The van der Waals surface area contributed by atoms with E-state index < -0.39 is 6.10 Å². The molecule has 0 N–H and O–H groups in total. The van der Waals surface area contributed by atoms with E-state index in [1.165, 1.54) is 186 Å². The van der Waals surface area contributed by atoms with Crippen molar-refractivity contribution in [1.82, 2.24) is 0 Å². The van der Waals surface area contributed by atoms with E-state index in [9.17, 15) is 14.4 Å². The number of hydrogen-bond acceptors (Lipinski definition) is 6. The van der Waals surface area contributed by atoms with Gasteiger partial charge < -0.3 is 14.2 Å². The van der Waals surface area contributed by atoms with Crippen molar-refractivity contribution in [1.29, 1.82) is 0 Å². The van der Waals surface area contributed by atoms with Crippen molar-refractivity contribution in [2.45, 2.75) is 309 Å². The van der Waals surface area contributed by atoms with Gasteiger partial charge in [-0.2, -0.15) is 0 Å². The fourth-order valence-electron chi connectivity index (χ4n) is 8.40. The number of esters is 3. The van der Waals surface area contributed by atoms with Crippen molar-refractivity contribution < 1.29 is 28.6 Å². The van der Waals surface area contributed by atoms with Gasteiger partial charge in [0.1, 0.15) is 13.2 Å². The first-order valence-electron chi connectivity index (χ1n) is 28.5. The monoisotopic (exact) mass is 913 g/mol. The summed E-state index contributed by atoms with van der Waals surface area (Å²) in [5.74, 6) is -0.858. The Labute approximate surface area is 404 Å². The normalized spacial score (nSPS) is 12.2. The maximum atomic E-state index is 12.8. The number of carbonyl (C=O) groups excluding carboxylic acids is 3.